The van der Waals surface area contributed by atoms with Crippen molar-refractivity contribution in [3.63, 3.8) is 0 Å². The smallest absolute Gasteiger partial charge is 0.325 e. The molecule has 16 heavy (non-hydrogen) atoms. The topological polar surface area (TPSA) is 70.8 Å². The van der Waals surface area contributed by atoms with Crippen molar-refractivity contribution in [3.05, 3.63) is 0 Å². The summed E-state index contributed by atoms with van der Waals surface area (Å²) in [6.45, 7) is 5.29. The predicted octanol–water partition coefficient (Wildman–Crippen LogP) is 0.461. The highest BCUT2D eigenvalue weighted by atomic mass is 16.6. The van der Waals surface area contributed by atoms with E-state index in [1.807, 2.05) is 13.8 Å². The van der Waals surface area contributed by atoms with E-state index in [2.05, 4.69) is 0 Å². The summed E-state index contributed by atoms with van der Waals surface area (Å²) >= 11 is 0. The fraction of sp³-hybridized carbons (Fsp3) is 0.909. The SMILES string of the molecule is CCCO[C@@H]1CCOC[C@H](N)C(=O)O[C@H]1C. The number of esters is 1. The van der Waals surface area contributed by atoms with E-state index >= 15 is 0 Å². The van der Waals surface area contributed by atoms with Crippen LogP contribution in [-0.4, -0.2) is 44.0 Å². The molecule has 0 aromatic heterocycles. The summed E-state index contributed by atoms with van der Waals surface area (Å²) < 4.78 is 16.1. The zero-order chi connectivity index (χ0) is 12.0. The molecule has 94 valence electrons. The Kier molecular flexibility index (Phi) is 5.73. The van der Waals surface area contributed by atoms with Crippen LogP contribution in [-0.2, 0) is 19.0 Å². The van der Waals surface area contributed by atoms with E-state index in [9.17, 15) is 4.79 Å². The molecular formula is C11H21NO4. The number of cyclic esters (lactones) is 1. The Morgan fingerprint density at radius 1 is 1.56 bits per heavy atom. The second kappa shape index (κ2) is 6.83. The highest BCUT2D eigenvalue weighted by Crippen LogP contribution is 2.12. The second-order valence-corrected chi connectivity index (χ2v) is 4.02. The Hall–Kier alpha value is -0.650. The Morgan fingerprint density at radius 2 is 2.31 bits per heavy atom. The zero-order valence-corrected chi connectivity index (χ0v) is 9.98. The quantitative estimate of drug-likeness (QED) is 0.714. The third kappa shape index (κ3) is 4.08. The predicted molar refractivity (Wildman–Crippen MR) is 59.0 cm³/mol. The molecule has 1 aliphatic heterocycles. The summed E-state index contributed by atoms with van der Waals surface area (Å²) in [5.74, 6) is -0.417. The maximum atomic E-state index is 11.5. The van der Waals surface area contributed by atoms with Crippen LogP contribution in [0.4, 0.5) is 0 Å². The Bertz CT molecular complexity index is 222. The lowest BCUT2D eigenvalue weighted by atomic mass is 10.1. The van der Waals surface area contributed by atoms with E-state index in [4.69, 9.17) is 19.9 Å². The summed E-state index contributed by atoms with van der Waals surface area (Å²) in [6, 6.07) is -0.688. The minimum atomic E-state index is -0.688. The van der Waals surface area contributed by atoms with E-state index in [1.165, 1.54) is 0 Å². The Labute approximate surface area is 96.2 Å². The fourth-order valence-corrected chi connectivity index (χ4v) is 1.55. The van der Waals surface area contributed by atoms with Crippen LogP contribution in [0.5, 0.6) is 0 Å². The molecule has 0 aromatic carbocycles. The molecule has 0 aromatic rings. The van der Waals surface area contributed by atoms with Gasteiger partial charge in [-0.25, -0.2) is 0 Å². The van der Waals surface area contributed by atoms with Crippen molar-refractivity contribution in [3.8, 4) is 0 Å². The molecule has 0 unspecified atom stereocenters. The highest BCUT2D eigenvalue weighted by molar-refractivity contribution is 5.75. The minimum Gasteiger partial charge on any atom is -0.459 e. The molecule has 2 N–H and O–H groups in total. The third-order valence-corrected chi connectivity index (χ3v) is 2.51. The van der Waals surface area contributed by atoms with Gasteiger partial charge < -0.3 is 19.9 Å². The van der Waals surface area contributed by atoms with Gasteiger partial charge in [-0.3, -0.25) is 4.79 Å². The van der Waals surface area contributed by atoms with Gasteiger partial charge in [0.05, 0.1) is 12.7 Å². The molecule has 1 saturated heterocycles. The lowest BCUT2D eigenvalue weighted by Crippen LogP contribution is -2.39. The van der Waals surface area contributed by atoms with Gasteiger partial charge in [0.25, 0.3) is 0 Å². The molecule has 1 fully saturated rings. The van der Waals surface area contributed by atoms with Crippen molar-refractivity contribution in [2.45, 2.75) is 44.9 Å². The fourth-order valence-electron chi connectivity index (χ4n) is 1.55. The number of nitrogens with two attached hydrogens (primary N) is 1. The van der Waals surface area contributed by atoms with Gasteiger partial charge in [0.15, 0.2) is 0 Å². The van der Waals surface area contributed by atoms with Crippen LogP contribution < -0.4 is 5.73 Å². The number of carbonyl (C=O) groups excluding carboxylic acids is 1. The molecule has 0 spiro atoms. The van der Waals surface area contributed by atoms with Crippen LogP contribution in [0.3, 0.4) is 0 Å². The summed E-state index contributed by atoms with van der Waals surface area (Å²) in [7, 11) is 0. The first-order chi connectivity index (χ1) is 7.65. The minimum absolute atomic E-state index is 0.103. The molecule has 0 bridgehead atoms. The summed E-state index contributed by atoms with van der Waals surface area (Å²) in [6.07, 6.45) is 1.29. The molecule has 0 aliphatic carbocycles. The van der Waals surface area contributed by atoms with E-state index < -0.39 is 12.0 Å². The molecule has 1 aliphatic rings. The van der Waals surface area contributed by atoms with Gasteiger partial charge in [-0.1, -0.05) is 6.92 Å². The molecule has 3 atom stereocenters. The van der Waals surface area contributed by atoms with Crippen LogP contribution in [0, 0.1) is 0 Å². The number of rotatable bonds is 3. The molecule has 0 radical (unpaired) electrons. The van der Waals surface area contributed by atoms with Crippen molar-refractivity contribution < 1.29 is 19.0 Å². The van der Waals surface area contributed by atoms with Crippen LogP contribution in [0.1, 0.15) is 26.7 Å². The normalized spacial score (nSPS) is 32.4. The van der Waals surface area contributed by atoms with Gasteiger partial charge in [0, 0.05) is 19.6 Å². The van der Waals surface area contributed by atoms with Crippen LogP contribution in [0.15, 0.2) is 0 Å². The Morgan fingerprint density at radius 3 is 3.00 bits per heavy atom. The van der Waals surface area contributed by atoms with E-state index in [-0.39, 0.29) is 18.8 Å². The average molecular weight is 231 g/mol. The van der Waals surface area contributed by atoms with E-state index in [0.717, 1.165) is 12.8 Å². The van der Waals surface area contributed by atoms with Crippen LogP contribution >= 0.6 is 0 Å². The first kappa shape index (κ1) is 13.4. The highest BCUT2D eigenvalue weighted by Gasteiger charge is 2.26. The summed E-state index contributed by atoms with van der Waals surface area (Å²) in [5.41, 5.74) is 5.58. The van der Waals surface area contributed by atoms with Gasteiger partial charge in [-0.15, -0.1) is 0 Å². The van der Waals surface area contributed by atoms with Gasteiger partial charge >= 0.3 is 5.97 Å². The Balaban J connectivity index is 2.53. The van der Waals surface area contributed by atoms with Crippen molar-refractivity contribution in [2.24, 2.45) is 5.73 Å². The zero-order valence-electron chi connectivity index (χ0n) is 9.98. The number of carbonyl (C=O) groups is 1. The van der Waals surface area contributed by atoms with Crippen molar-refractivity contribution in [2.75, 3.05) is 19.8 Å². The van der Waals surface area contributed by atoms with E-state index in [1.54, 1.807) is 0 Å². The monoisotopic (exact) mass is 231 g/mol. The van der Waals surface area contributed by atoms with Crippen molar-refractivity contribution in [1.29, 1.82) is 0 Å². The second-order valence-electron chi connectivity index (χ2n) is 4.02. The molecule has 5 nitrogen and oxygen atoms in total. The van der Waals surface area contributed by atoms with E-state index in [0.29, 0.717) is 13.2 Å². The molecule has 0 saturated carbocycles. The van der Waals surface area contributed by atoms with Gasteiger partial charge in [-0.05, 0) is 13.3 Å². The average Bonchev–Trinajstić information content (AvgIpc) is 2.31. The van der Waals surface area contributed by atoms with Gasteiger partial charge in [-0.2, -0.15) is 0 Å². The van der Waals surface area contributed by atoms with Crippen LogP contribution in [0.25, 0.3) is 0 Å². The lowest BCUT2D eigenvalue weighted by Gasteiger charge is -2.23. The number of ether oxygens (including phenoxy) is 3. The van der Waals surface area contributed by atoms with Crippen LogP contribution in [0.2, 0.25) is 0 Å². The molecule has 1 rings (SSSR count). The summed E-state index contributed by atoms with van der Waals surface area (Å²) in [5, 5.41) is 0. The first-order valence-corrected chi connectivity index (χ1v) is 5.80. The number of hydrogen-bond acceptors (Lipinski definition) is 5. The molecule has 0 amide bonds. The maximum Gasteiger partial charge on any atom is 0.325 e. The summed E-state index contributed by atoms with van der Waals surface area (Å²) in [4.78, 5) is 11.5. The maximum absolute atomic E-state index is 11.5. The van der Waals surface area contributed by atoms with Crippen molar-refractivity contribution >= 4 is 5.97 Å². The standard InChI is InChI=1S/C11H21NO4/c1-3-5-15-10-4-6-14-7-9(12)11(13)16-8(10)2/h8-10H,3-7,12H2,1-2H3/t8-,9-,10+/m0/s1. The van der Waals surface area contributed by atoms with Gasteiger partial charge in [0.2, 0.25) is 0 Å². The molecule has 1 heterocycles. The lowest BCUT2D eigenvalue weighted by molar-refractivity contribution is -0.157. The number of hydrogen-bond donors (Lipinski definition) is 1. The van der Waals surface area contributed by atoms with Crippen molar-refractivity contribution in [1.82, 2.24) is 0 Å². The molecule has 5 heteroatoms. The van der Waals surface area contributed by atoms with Gasteiger partial charge in [0.1, 0.15) is 12.1 Å². The third-order valence-electron chi connectivity index (χ3n) is 2.51. The molecular weight excluding hydrogens is 210 g/mol. The largest absolute Gasteiger partial charge is 0.459 e. The first-order valence-electron chi connectivity index (χ1n) is 5.80.